The van der Waals surface area contributed by atoms with Gasteiger partial charge in [-0.1, -0.05) is 27.8 Å². The molecule has 0 saturated heterocycles. The van der Waals surface area contributed by atoms with Crippen LogP contribution in [0.2, 0.25) is 0 Å². The maximum atomic E-state index is 3.28. The van der Waals surface area contributed by atoms with Gasteiger partial charge in [0.15, 0.2) is 0 Å². The topological polar surface area (TPSA) is 0 Å². The van der Waals surface area contributed by atoms with Crippen LogP contribution in [0.5, 0.6) is 0 Å². The van der Waals surface area contributed by atoms with E-state index in [9.17, 15) is 0 Å². The van der Waals surface area contributed by atoms with Crippen molar-refractivity contribution in [3.05, 3.63) is 0 Å². The van der Waals surface area contributed by atoms with Crippen LogP contribution < -0.4 is 0 Å². The minimum Gasteiger partial charge on any atom is -0.106 e. The second kappa shape index (κ2) is 7.60. The van der Waals surface area contributed by atoms with Gasteiger partial charge in [-0.3, -0.25) is 0 Å². The number of hydrogen-bond donors (Lipinski definition) is 0. The van der Waals surface area contributed by atoms with Crippen molar-refractivity contribution in [3.8, 4) is 23.7 Å². The van der Waals surface area contributed by atoms with E-state index >= 15 is 0 Å². The lowest BCUT2D eigenvalue weighted by Crippen LogP contribution is -1.65. The van der Waals surface area contributed by atoms with Crippen molar-refractivity contribution < 1.29 is 0 Å². The fourth-order valence-electron chi connectivity index (χ4n) is 0.331. The molecule has 0 spiro atoms. The van der Waals surface area contributed by atoms with Gasteiger partial charge in [0.25, 0.3) is 0 Å². The van der Waals surface area contributed by atoms with Gasteiger partial charge in [0.2, 0.25) is 0 Å². The third-order valence-electron chi connectivity index (χ3n) is 0.698. The van der Waals surface area contributed by atoms with E-state index in [1.54, 1.807) is 0 Å². The summed E-state index contributed by atoms with van der Waals surface area (Å²) < 4.78 is 0. The lowest BCUT2D eigenvalue weighted by molar-refractivity contribution is 1.31. The molecule has 0 aliphatic heterocycles. The van der Waals surface area contributed by atoms with Gasteiger partial charge in [0.05, 0.1) is 6.42 Å². The second-order valence-corrected chi connectivity index (χ2v) is 2.19. The maximum absolute atomic E-state index is 3.28. The predicted octanol–water partition coefficient (Wildman–Crippen LogP) is 2.19. The molecule has 0 aliphatic rings. The van der Waals surface area contributed by atoms with E-state index in [-0.39, 0.29) is 0 Å². The molecular formula is C8H9Br. The van der Waals surface area contributed by atoms with Gasteiger partial charge in [-0.2, -0.15) is 0 Å². The molecular weight excluding hydrogens is 176 g/mol. The van der Waals surface area contributed by atoms with Gasteiger partial charge in [-0.25, -0.2) is 0 Å². The Labute approximate surface area is 65.2 Å². The summed E-state index contributed by atoms with van der Waals surface area (Å²) in [4.78, 5) is 0. The molecule has 0 aromatic heterocycles. The third kappa shape index (κ3) is 7.60. The van der Waals surface area contributed by atoms with Crippen LogP contribution in [0, 0.1) is 23.7 Å². The molecule has 0 heterocycles. The Morgan fingerprint density at radius 2 is 2.00 bits per heavy atom. The van der Waals surface area contributed by atoms with E-state index in [1.165, 1.54) is 0 Å². The SMILES string of the molecule is CC#CCC#CCCBr. The van der Waals surface area contributed by atoms with Crippen LogP contribution in [-0.2, 0) is 0 Å². The predicted molar refractivity (Wildman–Crippen MR) is 44.3 cm³/mol. The van der Waals surface area contributed by atoms with Crippen LogP contribution in [0.4, 0.5) is 0 Å². The summed E-state index contributed by atoms with van der Waals surface area (Å²) in [5.41, 5.74) is 0. The Balaban J connectivity index is 3.23. The summed E-state index contributed by atoms with van der Waals surface area (Å²) in [5, 5.41) is 0.958. The Kier molecular flexibility index (Phi) is 7.26. The summed E-state index contributed by atoms with van der Waals surface area (Å²) in [5.74, 6) is 11.6. The van der Waals surface area contributed by atoms with Crippen LogP contribution in [-0.4, -0.2) is 5.33 Å². The van der Waals surface area contributed by atoms with Gasteiger partial charge in [0.1, 0.15) is 0 Å². The molecule has 0 unspecified atom stereocenters. The molecule has 48 valence electrons. The molecule has 9 heavy (non-hydrogen) atoms. The minimum atomic E-state index is 0.712. The zero-order chi connectivity index (χ0) is 6.95. The number of alkyl halides is 1. The summed E-state index contributed by atoms with van der Waals surface area (Å²) in [6.07, 6.45) is 1.63. The lowest BCUT2D eigenvalue weighted by Gasteiger charge is -1.73. The van der Waals surface area contributed by atoms with Crippen LogP contribution in [0.15, 0.2) is 0 Å². The molecule has 0 fully saturated rings. The van der Waals surface area contributed by atoms with E-state index in [0.29, 0.717) is 6.42 Å². The van der Waals surface area contributed by atoms with Crippen molar-refractivity contribution in [3.63, 3.8) is 0 Å². The van der Waals surface area contributed by atoms with Crippen molar-refractivity contribution in [1.29, 1.82) is 0 Å². The van der Waals surface area contributed by atoms with E-state index in [0.717, 1.165) is 11.8 Å². The molecule has 1 heteroatoms. The maximum Gasteiger partial charge on any atom is 0.0702 e. The highest BCUT2D eigenvalue weighted by molar-refractivity contribution is 9.09. The molecule has 0 N–H and O–H groups in total. The fourth-order valence-corrected chi connectivity index (χ4v) is 0.529. The van der Waals surface area contributed by atoms with Crippen molar-refractivity contribution in [2.45, 2.75) is 19.8 Å². The summed E-state index contributed by atoms with van der Waals surface area (Å²) in [7, 11) is 0. The molecule has 0 aliphatic carbocycles. The molecule has 0 radical (unpaired) electrons. The first-order valence-electron chi connectivity index (χ1n) is 2.83. The van der Waals surface area contributed by atoms with E-state index < -0.39 is 0 Å². The van der Waals surface area contributed by atoms with Crippen LogP contribution in [0.25, 0.3) is 0 Å². The third-order valence-corrected chi connectivity index (χ3v) is 1.09. The van der Waals surface area contributed by atoms with Crippen molar-refractivity contribution in [2.24, 2.45) is 0 Å². The summed E-state index contributed by atoms with van der Waals surface area (Å²) in [6, 6.07) is 0. The normalized spacial score (nSPS) is 6.44. The average molecular weight is 185 g/mol. The zero-order valence-electron chi connectivity index (χ0n) is 5.50. The molecule has 0 rings (SSSR count). The van der Waals surface area contributed by atoms with Gasteiger partial charge in [0, 0.05) is 11.8 Å². The highest BCUT2D eigenvalue weighted by atomic mass is 79.9. The monoisotopic (exact) mass is 184 g/mol. The smallest absolute Gasteiger partial charge is 0.0702 e. The second-order valence-electron chi connectivity index (χ2n) is 1.40. The number of hydrogen-bond acceptors (Lipinski definition) is 0. The molecule has 0 aromatic rings. The minimum absolute atomic E-state index is 0.712. The first kappa shape index (κ1) is 8.60. The molecule has 0 saturated carbocycles. The molecule has 0 nitrogen and oxygen atoms in total. The van der Waals surface area contributed by atoms with Crippen LogP contribution in [0.1, 0.15) is 19.8 Å². The fraction of sp³-hybridized carbons (Fsp3) is 0.500. The molecule has 0 bridgehead atoms. The Morgan fingerprint density at radius 1 is 1.22 bits per heavy atom. The zero-order valence-corrected chi connectivity index (χ0v) is 7.09. The summed E-state index contributed by atoms with van der Waals surface area (Å²) >= 11 is 3.28. The quantitative estimate of drug-likeness (QED) is 0.434. The number of halogens is 1. The first-order valence-corrected chi connectivity index (χ1v) is 3.95. The largest absolute Gasteiger partial charge is 0.106 e. The van der Waals surface area contributed by atoms with E-state index in [1.807, 2.05) is 6.92 Å². The van der Waals surface area contributed by atoms with E-state index in [4.69, 9.17) is 0 Å². The van der Waals surface area contributed by atoms with Crippen molar-refractivity contribution >= 4 is 15.9 Å². The lowest BCUT2D eigenvalue weighted by atomic mass is 10.4. The van der Waals surface area contributed by atoms with Crippen LogP contribution >= 0.6 is 15.9 Å². The molecule has 0 atom stereocenters. The van der Waals surface area contributed by atoms with E-state index in [2.05, 4.69) is 39.6 Å². The molecule has 0 aromatic carbocycles. The first-order chi connectivity index (χ1) is 4.41. The van der Waals surface area contributed by atoms with Gasteiger partial charge in [-0.15, -0.1) is 11.8 Å². The molecule has 0 amide bonds. The number of rotatable bonds is 1. The standard InChI is InChI=1S/C8H9Br/c1-2-3-4-5-6-7-8-9/h4,7-8H2,1H3. The Bertz CT molecular complexity index is 160. The van der Waals surface area contributed by atoms with Crippen molar-refractivity contribution in [1.82, 2.24) is 0 Å². The van der Waals surface area contributed by atoms with Crippen molar-refractivity contribution in [2.75, 3.05) is 5.33 Å². The average Bonchev–Trinajstić information content (AvgIpc) is 1.89. The Morgan fingerprint density at radius 3 is 2.56 bits per heavy atom. The Hall–Kier alpha value is -0.400. The van der Waals surface area contributed by atoms with Gasteiger partial charge >= 0.3 is 0 Å². The highest BCUT2D eigenvalue weighted by Crippen LogP contribution is 1.83. The van der Waals surface area contributed by atoms with Crippen LogP contribution in [0.3, 0.4) is 0 Å². The van der Waals surface area contributed by atoms with Gasteiger partial charge < -0.3 is 0 Å². The highest BCUT2D eigenvalue weighted by Gasteiger charge is 1.69. The summed E-state index contributed by atoms with van der Waals surface area (Å²) in [6.45, 7) is 1.83. The van der Waals surface area contributed by atoms with Gasteiger partial charge in [-0.05, 0) is 6.92 Å².